The van der Waals surface area contributed by atoms with Crippen LogP contribution >= 0.6 is 11.6 Å². The van der Waals surface area contributed by atoms with Gasteiger partial charge in [-0.2, -0.15) is 0 Å². The van der Waals surface area contributed by atoms with Gasteiger partial charge < -0.3 is 20.3 Å². The van der Waals surface area contributed by atoms with Gasteiger partial charge >= 0.3 is 0 Å². The number of nitrogens with zero attached hydrogens (tertiary/aromatic N) is 2. The van der Waals surface area contributed by atoms with Gasteiger partial charge in [0.1, 0.15) is 11.5 Å². The normalized spacial score (nSPS) is 13.0. The summed E-state index contributed by atoms with van der Waals surface area (Å²) in [6.07, 6.45) is 0. The van der Waals surface area contributed by atoms with Crippen LogP contribution in [0.3, 0.4) is 0 Å². The SMILES string of the molecule is COc1ccc(NC(N)=NCC(C)c2c(C)noc2C)cc1Cl. The molecule has 1 aromatic heterocycles. The predicted molar refractivity (Wildman–Crippen MR) is 92.5 cm³/mol. The lowest BCUT2D eigenvalue weighted by Crippen LogP contribution is -2.23. The summed E-state index contributed by atoms with van der Waals surface area (Å²) in [5, 5.41) is 7.48. The molecule has 3 N–H and O–H groups in total. The summed E-state index contributed by atoms with van der Waals surface area (Å²) < 4.78 is 10.3. The minimum Gasteiger partial charge on any atom is -0.495 e. The summed E-state index contributed by atoms with van der Waals surface area (Å²) >= 11 is 6.08. The lowest BCUT2D eigenvalue weighted by Gasteiger charge is -2.11. The highest BCUT2D eigenvalue weighted by atomic mass is 35.5. The van der Waals surface area contributed by atoms with Crippen LogP contribution in [-0.4, -0.2) is 24.8 Å². The Morgan fingerprint density at radius 3 is 2.78 bits per heavy atom. The first kappa shape index (κ1) is 17.1. The van der Waals surface area contributed by atoms with E-state index < -0.39 is 0 Å². The van der Waals surface area contributed by atoms with Crippen LogP contribution < -0.4 is 15.8 Å². The fraction of sp³-hybridized carbons (Fsp3) is 0.375. The third kappa shape index (κ3) is 4.16. The first-order valence-electron chi connectivity index (χ1n) is 7.25. The second kappa shape index (κ2) is 7.37. The Morgan fingerprint density at radius 2 is 2.22 bits per heavy atom. The average Bonchev–Trinajstić information content (AvgIpc) is 2.84. The van der Waals surface area contributed by atoms with Crippen LogP contribution in [0, 0.1) is 13.8 Å². The molecule has 1 unspecified atom stereocenters. The molecule has 124 valence electrons. The van der Waals surface area contributed by atoms with Crippen molar-refractivity contribution in [3.63, 3.8) is 0 Å². The zero-order chi connectivity index (χ0) is 17.0. The second-order valence-corrected chi connectivity index (χ2v) is 5.75. The number of aromatic nitrogens is 1. The smallest absolute Gasteiger partial charge is 0.193 e. The quantitative estimate of drug-likeness (QED) is 0.645. The molecule has 0 fully saturated rings. The molecule has 0 aliphatic carbocycles. The molecule has 0 saturated heterocycles. The maximum atomic E-state index is 6.08. The molecule has 7 heteroatoms. The molecular weight excluding hydrogens is 316 g/mol. The second-order valence-electron chi connectivity index (χ2n) is 5.34. The summed E-state index contributed by atoms with van der Waals surface area (Å²) in [7, 11) is 1.57. The van der Waals surface area contributed by atoms with E-state index in [0.29, 0.717) is 23.3 Å². The molecular formula is C16H21ClN4O2. The molecule has 2 rings (SSSR count). The number of nitrogens with two attached hydrogens (primary N) is 1. The number of aryl methyl sites for hydroxylation is 2. The Labute approximate surface area is 140 Å². The first-order valence-corrected chi connectivity index (χ1v) is 7.63. The number of aliphatic imine (C=N–C) groups is 1. The number of halogens is 1. The highest BCUT2D eigenvalue weighted by Gasteiger charge is 2.16. The fourth-order valence-electron chi connectivity index (χ4n) is 2.45. The van der Waals surface area contributed by atoms with E-state index in [1.54, 1.807) is 19.2 Å². The van der Waals surface area contributed by atoms with E-state index in [-0.39, 0.29) is 5.92 Å². The molecule has 0 saturated carbocycles. The van der Waals surface area contributed by atoms with Crippen LogP contribution in [0.5, 0.6) is 5.75 Å². The zero-order valence-corrected chi connectivity index (χ0v) is 14.4. The molecule has 1 atom stereocenters. The van der Waals surface area contributed by atoms with Crippen molar-refractivity contribution < 1.29 is 9.26 Å². The van der Waals surface area contributed by atoms with Crippen LogP contribution in [0.25, 0.3) is 0 Å². The van der Waals surface area contributed by atoms with Gasteiger partial charge in [-0.1, -0.05) is 23.7 Å². The van der Waals surface area contributed by atoms with E-state index in [4.69, 9.17) is 26.6 Å². The van der Waals surface area contributed by atoms with E-state index in [9.17, 15) is 0 Å². The van der Waals surface area contributed by atoms with Crippen LogP contribution in [-0.2, 0) is 0 Å². The van der Waals surface area contributed by atoms with Crippen LogP contribution in [0.4, 0.5) is 5.69 Å². The maximum absolute atomic E-state index is 6.08. The van der Waals surface area contributed by atoms with Gasteiger partial charge in [0.05, 0.1) is 17.8 Å². The van der Waals surface area contributed by atoms with Gasteiger partial charge in [-0.15, -0.1) is 0 Å². The van der Waals surface area contributed by atoms with Crippen molar-refractivity contribution in [3.8, 4) is 5.75 Å². The van der Waals surface area contributed by atoms with E-state index in [2.05, 4.69) is 22.4 Å². The van der Waals surface area contributed by atoms with Gasteiger partial charge in [-0.25, -0.2) is 0 Å². The lowest BCUT2D eigenvalue weighted by molar-refractivity contribution is 0.391. The molecule has 0 radical (unpaired) electrons. The number of nitrogens with one attached hydrogen (secondary N) is 1. The van der Waals surface area contributed by atoms with E-state index in [0.717, 1.165) is 22.7 Å². The van der Waals surface area contributed by atoms with Crippen molar-refractivity contribution in [2.75, 3.05) is 19.0 Å². The topological polar surface area (TPSA) is 85.7 Å². The highest BCUT2D eigenvalue weighted by molar-refractivity contribution is 6.32. The third-order valence-corrected chi connectivity index (χ3v) is 3.84. The van der Waals surface area contributed by atoms with Crippen molar-refractivity contribution >= 4 is 23.2 Å². The Morgan fingerprint density at radius 1 is 1.48 bits per heavy atom. The number of guanidine groups is 1. The van der Waals surface area contributed by atoms with Gasteiger partial charge in [0.15, 0.2) is 5.96 Å². The van der Waals surface area contributed by atoms with Gasteiger partial charge in [0.2, 0.25) is 0 Å². The average molecular weight is 337 g/mol. The van der Waals surface area contributed by atoms with Crippen LogP contribution in [0.2, 0.25) is 5.02 Å². The zero-order valence-electron chi connectivity index (χ0n) is 13.7. The van der Waals surface area contributed by atoms with Crippen LogP contribution in [0.15, 0.2) is 27.7 Å². The van der Waals surface area contributed by atoms with Crippen molar-refractivity contribution in [2.24, 2.45) is 10.7 Å². The Balaban J connectivity index is 2.02. The molecule has 6 nitrogen and oxygen atoms in total. The molecule has 0 aliphatic rings. The molecule has 1 aromatic carbocycles. The summed E-state index contributed by atoms with van der Waals surface area (Å²) in [5.41, 5.74) is 8.65. The van der Waals surface area contributed by atoms with Gasteiger partial charge in [-0.05, 0) is 32.0 Å². The minimum absolute atomic E-state index is 0.168. The number of benzene rings is 1. The number of hydrogen-bond acceptors (Lipinski definition) is 4. The molecule has 1 heterocycles. The Bertz CT molecular complexity index is 693. The summed E-state index contributed by atoms with van der Waals surface area (Å²) in [4.78, 5) is 4.37. The molecule has 0 bridgehead atoms. The van der Waals surface area contributed by atoms with Crippen molar-refractivity contribution in [2.45, 2.75) is 26.7 Å². The largest absolute Gasteiger partial charge is 0.495 e. The maximum Gasteiger partial charge on any atom is 0.193 e. The van der Waals surface area contributed by atoms with Gasteiger partial charge in [-0.3, -0.25) is 4.99 Å². The first-order chi connectivity index (χ1) is 10.9. The molecule has 2 aromatic rings. The highest BCUT2D eigenvalue weighted by Crippen LogP contribution is 2.27. The molecule has 0 amide bonds. The van der Waals surface area contributed by atoms with Crippen molar-refractivity contribution in [1.29, 1.82) is 0 Å². The third-order valence-electron chi connectivity index (χ3n) is 3.54. The molecule has 0 aliphatic heterocycles. The lowest BCUT2D eigenvalue weighted by atomic mass is 10.00. The molecule has 0 spiro atoms. The standard InChI is InChI=1S/C16H21ClN4O2/c1-9(15-10(2)21-23-11(15)3)8-19-16(18)20-12-5-6-14(22-4)13(17)7-12/h5-7,9H,8H2,1-4H3,(H3,18,19,20). The number of hydrogen-bond donors (Lipinski definition) is 2. The monoisotopic (exact) mass is 336 g/mol. The van der Waals surface area contributed by atoms with E-state index in [1.807, 2.05) is 19.9 Å². The Kier molecular flexibility index (Phi) is 5.50. The fourth-order valence-corrected chi connectivity index (χ4v) is 2.71. The summed E-state index contributed by atoms with van der Waals surface area (Å²) in [6, 6.07) is 5.33. The number of methoxy groups -OCH3 is 1. The summed E-state index contributed by atoms with van der Waals surface area (Å²) in [6.45, 7) is 6.42. The van der Waals surface area contributed by atoms with Crippen molar-refractivity contribution in [3.05, 3.63) is 40.2 Å². The number of ether oxygens (including phenoxy) is 1. The summed E-state index contributed by atoms with van der Waals surface area (Å²) in [5.74, 6) is 1.92. The van der Waals surface area contributed by atoms with Crippen LogP contribution in [0.1, 0.15) is 29.9 Å². The Hall–Kier alpha value is -2.21. The predicted octanol–water partition coefficient (Wildman–Crippen LogP) is 3.48. The van der Waals surface area contributed by atoms with Gasteiger partial charge in [0.25, 0.3) is 0 Å². The van der Waals surface area contributed by atoms with Gasteiger partial charge in [0, 0.05) is 23.7 Å². The van der Waals surface area contributed by atoms with E-state index >= 15 is 0 Å². The van der Waals surface area contributed by atoms with Crippen molar-refractivity contribution in [1.82, 2.24) is 5.16 Å². The number of anilines is 1. The van der Waals surface area contributed by atoms with E-state index in [1.165, 1.54) is 0 Å². The molecule has 23 heavy (non-hydrogen) atoms. The minimum atomic E-state index is 0.168. The number of rotatable bonds is 5.